The third-order valence-electron chi connectivity index (χ3n) is 3.26. The molecule has 84 valence electrons. The summed E-state index contributed by atoms with van der Waals surface area (Å²) in [5.74, 6) is 0. The summed E-state index contributed by atoms with van der Waals surface area (Å²) in [6, 6.07) is 10.6. The smallest absolute Gasteiger partial charge is 0.0402 e. The molecule has 0 fully saturated rings. The average molecular weight is 213 g/mol. The first-order valence-electron chi connectivity index (χ1n) is 5.98. The van der Waals surface area contributed by atoms with Gasteiger partial charge in [0.1, 0.15) is 0 Å². The van der Waals surface area contributed by atoms with Gasteiger partial charge in [-0.15, -0.1) is 0 Å². The van der Waals surface area contributed by atoms with E-state index in [0.717, 1.165) is 19.4 Å². The number of hydrogen-bond acceptors (Lipinski definition) is 1. The molecule has 1 aromatic rings. The highest BCUT2D eigenvalue weighted by Crippen LogP contribution is 2.22. The number of nitrogens with one attached hydrogen (secondary N) is 1. The molecule has 1 nitrogen and oxygen atoms in total. The van der Waals surface area contributed by atoms with Gasteiger partial charge in [0.2, 0.25) is 0 Å². The molecule has 0 unspecified atom stereocenters. The van der Waals surface area contributed by atoms with E-state index in [-0.39, 0.29) is 5.54 Å². The van der Waals surface area contributed by atoms with Gasteiger partial charge in [0.15, 0.2) is 0 Å². The Hall–Kier alpha value is -1.34. The molecule has 16 heavy (non-hydrogen) atoms. The van der Waals surface area contributed by atoms with Crippen LogP contribution in [0.25, 0.3) is 0 Å². The summed E-state index contributed by atoms with van der Waals surface area (Å²) in [6.45, 7) is 3.17. The molecular formula is C15H19N. The summed E-state index contributed by atoms with van der Waals surface area (Å²) in [5, 5.41) is 3.66. The first kappa shape index (κ1) is 11.2. The van der Waals surface area contributed by atoms with E-state index < -0.39 is 0 Å². The molecule has 1 heteroatoms. The Kier molecular flexibility index (Phi) is 3.58. The molecule has 0 amide bonds. The van der Waals surface area contributed by atoms with Crippen LogP contribution >= 0.6 is 0 Å². The largest absolute Gasteiger partial charge is 0.304 e. The molecule has 1 aliphatic rings. The van der Waals surface area contributed by atoms with Crippen LogP contribution in [0.1, 0.15) is 25.3 Å². The van der Waals surface area contributed by atoms with E-state index in [2.05, 4.69) is 66.9 Å². The molecule has 0 saturated carbocycles. The van der Waals surface area contributed by atoms with Gasteiger partial charge >= 0.3 is 0 Å². The van der Waals surface area contributed by atoms with Gasteiger partial charge < -0.3 is 5.32 Å². The molecule has 1 atom stereocenters. The highest BCUT2D eigenvalue weighted by molar-refractivity contribution is 5.22. The molecule has 1 aromatic carbocycles. The lowest BCUT2D eigenvalue weighted by molar-refractivity contribution is 0.387. The van der Waals surface area contributed by atoms with Crippen molar-refractivity contribution in [3.63, 3.8) is 0 Å². The molecule has 0 heterocycles. The zero-order valence-corrected chi connectivity index (χ0v) is 9.82. The van der Waals surface area contributed by atoms with E-state index in [1.807, 2.05) is 0 Å². The van der Waals surface area contributed by atoms with Crippen LogP contribution in [0, 0.1) is 0 Å². The van der Waals surface area contributed by atoms with E-state index in [0.29, 0.717) is 0 Å². The second kappa shape index (κ2) is 5.13. The van der Waals surface area contributed by atoms with Crippen LogP contribution in [-0.2, 0) is 6.54 Å². The van der Waals surface area contributed by atoms with Gasteiger partial charge in [-0.3, -0.25) is 0 Å². The Morgan fingerprint density at radius 3 is 2.62 bits per heavy atom. The minimum Gasteiger partial charge on any atom is -0.304 e. The van der Waals surface area contributed by atoms with Gasteiger partial charge in [-0.05, 0) is 18.4 Å². The van der Waals surface area contributed by atoms with E-state index in [4.69, 9.17) is 0 Å². The molecule has 1 N–H and O–H groups in total. The van der Waals surface area contributed by atoms with Gasteiger partial charge in [0.25, 0.3) is 0 Å². The van der Waals surface area contributed by atoms with Crippen molar-refractivity contribution in [2.24, 2.45) is 0 Å². The van der Waals surface area contributed by atoms with Crippen LogP contribution in [0.3, 0.4) is 0 Å². The first-order chi connectivity index (χ1) is 7.85. The van der Waals surface area contributed by atoms with Gasteiger partial charge in [0, 0.05) is 12.1 Å². The minimum atomic E-state index is 0.157. The van der Waals surface area contributed by atoms with E-state index in [1.165, 1.54) is 5.56 Å². The summed E-state index contributed by atoms with van der Waals surface area (Å²) in [6.07, 6.45) is 11.0. The van der Waals surface area contributed by atoms with Crippen LogP contribution in [-0.4, -0.2) is 5.54 Å². The average Bonchev–Trinajstić information content (AvgIpc) is 2.39. The Morgan fingerprint density at radius 1 is 1.19 bits per heavy atom. The summed E-state index contributed by atoms with van der Waals surface area (Å²) >= 11 is 0. The van der Waals surface area contributed by atoms with Crippen LogP contribution in [0.15, 0.2) is 54.6 Å². The van der Waals surface area contributed by atoms with Crippen molar-refractivity contribution in [2.45, 2.75) is 31.8 Å². The first-order valence-corrected chi connectivity index (χ1v) is 5.98. The van der Waals surface area contributed by atoms with Gasteiger partial charge in [-0.25, -0.2) is 0 Å². The zero-order chi connectivity index (χ0) is 11.3. The molecule has 0 radical (unpaired) electrons. The monoisotopic (exact) mass is 213 g/mol. The van der Waals surface area contributed by atoms with Gasteiger partial charge in [-0.1, -0.05) is 61.6 Å². The summed E-state index contributed by atoms with van der Waals surface area (Å²) < 4.78 is 0. The number of allylic oxidation sites excluding steroid dienone is 2. The van der Waals surface area contributed by atoms with Crippen LogP contribution in [0.4, 0.5) is 0 Å². The fourth-order valence-corrected chi connectivity index (χ4v) is 2.06. The van der Waals surface area contributed by atoms with Crippen molar-refractivity contribution in [2.75, 3.05) is 0 Å². The zero-order valence-electron chi connectivity index (χ0n) is 9.82. The molecule has 0 aromatic heterocycles. The summed E-state index contributed by atoms with van der Waals surface area (Å²) in [7, 11) is 0. The molecule has 0 spiro atoms. The SMILES string of the molecule is CC[C@]1(NCc2ccccc2)C=CC=CC1. The second-order valence-corrected chi connectivity index (χ2v) is 4.34. The van der Waals surface area contributed by atoms with Crippen LogP contribution in [0.2, 0.25) is 0 Å². The lowest BCUT2D eigenvalue weighted by Crippen LogP contribution is -2.42. The van der Waals surface area contributed by atoms with Crippen LogP contribution < -0.4 is 5.32 Å². The normalized spacial score (nSPS) is 23.6. The van der Waals surface area contributed by atoms with Crippen molar-refractivity contribution in [1.29, 1.82) is 0 Å². The maximum atomic E-state index is 3.66. The predicted octanol–water partition coefficient (Wildman–Crippen LogP) is 3.44. The molecule has 1 aliphatic carbocycles. The second-order valence-electron chi connectivity index (χ2n) is 4.34. The van der Waals surface area contributed by atoms with Crippen molar-refractivity contribution in [1.82, 2.24) is 5.32 Å². The standard InChI is InChI=1S/C15H19N/c1-2-15(11-7-4-8-12-15)16-13-14-9-5-3-6-10-14/h3-11,16H,2,12-13H2,1H3/t15-/m0/s1. The maximum absolute atomic E-state index is 3.66. The van der Waals surface area contributed by atoms with E-state index >= 15 is 0 Å². The Labute approximate surface area is 97.9 Å². The summed E-state index contributed by atoms with van der Waals surface area (Å²) in [5.41, 5.74) is 1.50. The maximum Gasteiger partial charge on any atom is 0.0402 e. The Morgan fingerprint density at radius 2 is 2.00 bits per heavy atom. The minimum absolute atomic E-state index is 0.157. The van der Waals surface area contributed by atoms with Crippen molar-refractivity contribution < 1.29 is 0 Å². The molecule has 0 aliphatic heterocycles. The fourth-order valence-electron chi connectivity index (χ4n) is 2.06. The van der Waals surface area contributed by atoms with Gasteiger partial charge in [0.05, 0.1) is 0 Å². The molecule has 0 bridgehead atoms. The highest BCUT2D eigenvalue weighted by atomic mass is 15.0. The molecular weight excluding hydrogens is 194 g/mol. The third-order valence-corrected chi connectivity index (χ3v) is 3.26. The fraction of sp³-hybridized carbons (Fsp3) is 0.333. The Bertz CT molecular complexity index is 378. The lowest BCUT2D eigenvalue weighted by atomic mass is 9.88. The third kappa shape index (κ3) is 2.61. The van der Waals surface area contributed by atoms with E-state index in [1.54, 1.807) is 0 Å². The van der Waals surface area contributed by atoms with Gasteiger partial charge in [-0.2, -0.15) is 0 Å². The highest BCUT2D eigenvalue weighted by Gasteiger charge is 2.23. The molecule has 2 rings (SSSR count). The summed E-state index contributed by atoms with van der Waals surface area (Å²) in [4.78, 5) is 0. The molecule has 0 saturated heterocycles. The van der Waals surface area contributed by atoms with Crippen LogP contribution in [0.5, 0.6) is 0 Å². The van der Waals surface area contributed by atoms with Crippen molar-refractivity contribution in [3.8, 4) is 0 Å². The number of benzene rings is 1. The van der Waals surface area contributed by atoms with Crippen molar-refractivity contribution >= 4 is 0 Å². The number of rotatable bonds is 4. The topological polar surface area (TPSA) is 12.0 Å². The number of hydrogen-bond donors (Lipinski definition) is 1. The van der Waals surface area contributed by atoms with E-state index in [9.17, 15) is 0 Å². The van der Waals surface area contributed by atoms with Crippen molar-refractivity contribution in [3.05, 3.63) is 60.2 Å². The lowest BCUT2D eigenvalue weighted by Gasteiger charge is -2.31. The quantitative estimate of drug-likeness (QED) is 0.808. The Balaban J connectivity index is 1.98. The predicted molar refractivity (Wildman–Crippen MR) is 69.2 cm³/mol.